The van der Waals surface area contributed by atoms with Crippen LogP contribution in [0.2, 0.25) is 0 Å². The molecular formula is C9H15NO2. The highest BCUT2D eigenvalue weighted by molar-refractivity contribution is 5.77. The number of hydrogen-bond donors (Lipinski definition) is 1. The fourth-order valence-electron chi connectivity index (χ4n) is 2.41. The van der Waals surface area contributed by atoms with Crippen LogP contribution in [0.1, 0.15) is 26.2 Å². The van der Waals surface area contributed by atoms with Crippen LogP contribution in [-0.2, 0) is 9.53 Å². The van der Waals surface area contributed by atoms with Gasteiger partial charge in [-0.1, -0.05) is 0 Å². The van der Waals surface area contributed by atoms with Crippen LogP contribution >= 0.6 is 0 Å². The minimum Gasteiger partial charge on any atom is -0.465 e. The molecule has 3 aliphatic carbocycles. The molecule has 0 unspecified atom stereocenters. The van der Waals surface area contributed by atoms with E-state index in [0.29, 0.717) is 6.61 Å². The van der Waals surface area contributed by atoms with Crippen molar-refractivity contribution in [2.75, 3.05) is 6.61 Å². The van der Waals surface area contributed by atoms with Crippen molar-refractivity contribution in [2.45, 2.75) is 32.2 Å². The molecule has 3 aliphatic rings. The first-order valence-corrected chi connectivity index (χ1v) is 4.60. The van der Waals surface area contributed by atoms with E-state index in [4.69, 9.17) is 10.5 Å². The van der Waals surface area contributed by atoms with Crippen LogP contribution < -0.4 is 5.73 Å². The summed E-state index contributed by atoms with van der Waals surface area (Å²) in [4.78, 5) is 11.3. The predicted octanol–water partition coefficient (Wildman–Crippen LogP) is 0.677. The van der Waals surface area contributed by atoms with Crippen molar-refractivity contribution in [3.8, 4) is 0 Å². The average Bonchev–Trinajstić information content (AvgIpc) is 1.81. The van der Waals surface area contributed by atoms with Gasteiger partial charge >= 0.3 is 5.97 Å². The SMILES string of the molecule is CCOC(=O)[C@@H](N)C12CC(C1)C2. The number of ether oxygens (including phenoxy) is 1. The Kier molecular flexibility index (Phi) is 1.65. The second kappa shape index (κ2) is 2.46. The normalized spacial score (nSPS) is 39.3. The Morgan fingerprint density at radius 2 is 2.25 bits per heavy atom. The lowest BCUT2D eigenvalue weighted by molar-refractivity contribution is -0.170. The lowest BCUT2D eigenvalue weighted by atomic mass is 9.42. The van der Waals surface area contributed by atoms with E-state index in [1.54, 1.807) is 0 Å². The van der Waals surface area contributed by atoms with Crippen LogP contribution in [0.4, 0.5) is 0 Å². The quantitative estimate of drug-likeness (QED) is 0.632. The molecule has 0 spiro atoms. The molecule has 2 bridgehead atoms. The largest absolute Gasteiger partial charge is 0.465 e. The molecule has 3 nitrogen and oxygen atoms in total. The molecule has 0 radical (unpaired) electrons. The summed E-state index contributed by atoms with van der Waals surface area (Å²) in [7, 11) is 0. The molecule has 3 saturated carbocycles. The Morgan fingerprint density at radius 3 is 2.58 bits per heavy atom. The zero-order valence-electron chi connectivity index (χ0n) is 7.38. The van der Waals surface area contributed by atoms with Crippen molar-refractivity contribution in [2.24, 2.45) is 17.1 Å². The van der Waals surface area contributed by atoms with Gasteiger partial charge in [0.25, 0.3) is 0 Å². The summed E-state index contributed by atoms with van der Waals surface area (Å²) in [5.74, 6) is 0.654. The molecule has 68 valence electrons. The fraction of sp³-hybridized carbons (Fsp3) is 0.889. The van der Waals surface area contributed by atoms with Gasteiger partial charge in [0.05, 0.1) is 6.61 Å². The third-order valence-electron chi connectivity index (χ3n) is 3.29. The first-order valence-electron chi connectivity index (χ1n) is 4.60. The van der Waals surface area contributed by atoms with E-state index in [9.17, 15) is 4.79 Å². The highest BCUT2D eigenvalue weighted by atomic mass is 16.5. The van der Waals surface area contributed by atoms with E-state index < -0.39 is 0 Å². The number of carbonyl (C=O) groups excluding carboxylic acids is 1. The van der Waals surface area contributed by atoms with Crippen LogP contribution in [0, 0.1) is 11.3 Å². The van der Waals surface area contributed by atoms with Crippen molar-refractivity contribution in [3.05, 3.63) is 0 Å². The Bertz CT molecular complexity index is 198. The van der Waals surface area contributed by atoms with Crippen LogP contribution in [-0.4, -0.2) is 18.6 Å². The molecule has 0 aromatic carbocycles. The van der Waals surface area contributed by atoms with Gasteiger partial charge in [-0.25, -0.2) is 0 Å². The van der Waals surface area contributed by atoms with Crippen molar-refractivity contribution in [3.63, 3.8) is 0 Å². The minimum atomic E-state index is -0.359. The van der Waals surface area contributed by atoms with E-state index in [1.165, 1.54) is 0 Å². The molecule has 0 aromatic rings. The Labute approximate surface area is 72.3 Å². The molecule has 0 aromatic heterocycles. The van der Waals surface area contributed by atoms with Crippen LogP contribution in [0.3, 0.4) is 0 Å². The highest BCUT2D eigenvalue weighted by Crippen LogP contribution is 2.65. The second-order valence-corrected chi connectivity index (χ2v) is 4.07. The summed E-state index contributed by atoms with van der Waals surface area (Å²) in [6.07, 6.45) is 3.44. The van der Waals surface area contributed by atoms with E-state index in [-0.39, 0.29) is 17.4 Å². The van der Waals surface area contributed by atoms with Crippen molar-refractivity contribution >= 4 is 5.97 Å². The van der Waals surface area contributed by atoms with Gasteiger partial charge in [0.15, 0.2) is 0 Å². The lowest BCUT2D eigenvalue weighted by Gasteiger charge is -2.63. The Balaban J connectivity index is 1.90. The maximum atomic E-state index is 11.3. The summed E-state index contributed by atoms with van der Waals surface area (Å²) in [5, 5.41) is 0. The second-order valence-electron chi connectivity index (χ2n) is 4.07. The molecule has 0 amide bonds. The molecule has 3 rings (SSSR count). The predicted molar refractivity (Wildman–Crippen MR) is 44.4 cm³/mol. The summed E-state index contributed by atoms with van der Waals surface area (Å²) in [6, 6.07) is -0.359. The molecule has 0 saturated heterocycles. The first kappa shape index (κ1) is 8.05. The summed E-state index contributed by atoms with van der Waals surface area (Å²) in [5.41, 5.74) is 5.96. The van der Waals surface area contributed by atoms with Crippen LogP contribution in [0.15, 0.2) is 0 Å². The van der Waals surface area contributed by atoms with E-state index >= 15 is 0 Å². The van der Waals surface area contributed by atoms with Gasteiger partial charge in [-0.3, -0.25) is 4.79 Å². The number of carbonyl (C=O) groups is 1. The maximum Gasteiger partial charge on any atom is 0.323 e. The monoisotopic (exact) mass is 169 g/mol. The van der Waals surface area contributed by atoms with E-state index in [0.717, 1.165) is 25.2 Å². The standard InChI is InChI=1S/C9H15NO2/c1-2-12-8(11)7(10)9-3-6(4-9)5-9/h6-7H,2-5,10H2,1H3/t6?,7-,9?/m1/s1. The van der Waals surface area contributed by atoms with Gasteiger partial charge in [0.2, 0.25) is 0 Å². The van der Waals surface area contributed by atoms with Crippen LogP contribution in [0.5, 0.6) is 0 Å². The zero-order chi connectivity index (χ0) is 8.77. The number of nitrogens with two attached hydrogens (primary N) is 1. The highest BCUT2D eigenvalue weighted by Gasteiger charge is 2.61. The van der Waals surface area contributed by atoms with E-state index in [1.807, 2.05) is 6.92 Å². The smallest absolute Gasteiger partial charge is 0.323 e. The van der Waals surface area contributed by atoms with Gasteiger partial charge in [-0.2, -0.15) is 0 Å². The number of hydrogen-bond acceptors (Lipinski definition) is 3. The molecular weight excluding hydrogens is 154 g/mol. The molecule has 12 heavy (non-hydrogen) atoms. The summed E-state index contributed by atoms with van der Waals surface area (Å²) < 4.78 is 4.89. The van der Waals surface area contributed by atoms with Crippen LogP contribution in [0.25, 0.3) is 0 Å². The van der Waals surface area contributed by atoms with Gasteiger partial charge in [-0.05, 0) is 37.5 Å². The van der Waals surface area contributed by atoms with Gasteiger partial charge in [0.1, 0.15) is 6.04 Å². The topological polar surface area (TPSA) is 52.3 Å². The molecule has 0 heterocycles. The molecule has 3 fully saturated rings. The Hall–Kier alpha value is -0.570. The van der Waals surface area contributed by atoms with Gasteiger partial charge < -0.3 is 10.5 Å². The van der Waals surface area contributed by atoms with Crippen molar-refractivity contribution in [1.82, 2.24) is 0 Å². The first-order chi connectivity index (χ1) is 5.68. The van der Waals surface area contributed by atoms with E-state index in [2.05, 4.69) is 0 Å². The third kappa shape index (κ3) is 0.891. The summed E-state index contributed by atoms with van der Waals surface area (Å²) in [6.45, 7) is 2.25. The fourth-order valence-corrected chi connectivity index (χ4v) is 2.41. The lowest BCUT2D eigenvalue weighted by Crippen LogP contribution is -2.64. The van der Waals surface area contributed by atoms with Crippen molar-refractivity contribution in [1.29, 1.82) is 0 Å². The molecule has 0 aliphatic heterocycles. The van der Waals surface area contributed by atoms with Gasteiger partial charge in [-0.15, -0.1) is 0 Å². The number of rotatable bonds is 3. The number of esters is 1. The average molecular weight is 169 g/mol. The molecule has 3 heteroatoms. The Morgan fingerprint density at radius 1 is 1.67 bits per heavy atom. The van der Waals surface area contributed by atoms with Gasteiger partial charge in [0, 0.05) is 0 Å². The minimum absolute atomic E-state index is 0.150. The molecule has 1 atom stereocenters. The zero-order valence-corrected chi connectivity index (χ0v) is 7.38. The maximum absolute atomic E-state index is 11.3. The third-order valence-corrected chi connectivity index (χ3v) is 3.29. The molecule has 2 N–H and O–H groups in total. The van der Waals surface area contributed by atoms with Crippen molar-refractivity contribution < 1.29 is 9.53 Å². The summed E-state index contributed by atoms with van der Waals surface area (Å²) >= 11 is 0.